The van der Waals surface area contributed by atoms with Crippen LogP contribution in [0.2, 0.25) is 0 Å². The first-order valence-corrected chi connectivity index (χ1v) is 8.93. The fourth-order valence-corrected chi connectivity index (χ4v) is 3.26. The van der Waals surface area contributed by atoms with E-state index in [2.05, 4.69) is 15.3 Å². The Morgan fingerprint density at radius 2 is 1.96 bits per heavy atom. The zero-order chi connectivity index (χ0) is 20.3. The predicted octanol–water partition coefficient (Wildman–Crippen LogP) is 1.10. The van der Waals surface area contributed by atoms with Crippen LogP contribution >= 0.6 is 0 Å². The molecule has 2 aromatic rings. The molecule has 0 aromatic carbocycles. The molecular formula is C19H22N6O3. The summed E-state index contributed by atoms with van der Waals surface area (Å²) in [5.41, 5.74) is 12.5. The Morgan fingerprint density at radius 1 is 1.18 bits per heavy atom. The molecule has 0 radical (unpaired) electrons. The maximum atomic E-state index is 12.9. The number of aromatic nitrogens is 2. The summed E-state index contributed by atoms with van der Waals surface area (Å²) in [5, 5.41) is 2.49. The predicted molar refractivity (Wildman–Crippen MR) is 103 cm³/mol. The number of likely N-dealkylation sites (tertiary alicyclic amines) is 1. The SMILES string of the molecule is C[C@@H]1CC[C@@H](c2ccc(N)cn2)N(C(=O)C(=O)Nc2cncc(C(N)=O)c2)C1. The maximum Gasteiger partial charge on any atom is 0.313 e. The minimum Gasteiger partial charge on any atom is -0.397 e. The van der Waals surface area contributed by atoms with Gasteiger partial charge in [-0.25, -0.2) is 0 Å². The Kier molecular flexibility index (Phi) is 5.53. The van der Waals surface area contributed by atoms with Crippen molar-refractivity contribution in [2.45, 2.75) is 25.8 Å². The van der Waals surface area contributed by atoms with Gasteiger partial charge in [-0.2, -0.15) is 0 Å². The molecule has 3 amide bonds. The molecule has 0 saturated carbocycles. The second kappa shape index (κ2) is 8.03. The number of amides is 3. The lowest BCUT2D eigenvalue weighted by molar-refractivity contribution is -0.146. The summed E-state index contributed by atoms with van der Waals surface area (Å²) in [7, 11) is 0. The fourth-order valence-electron chi connectivity index (χ4n) is 3.26. The number of anilines is 2. The van der Waals surface area contributed by atoms with Gasteiger partial charge in [0.2, 0.25) is 5.91 Å². The Morgan fingerprint density at radius 3 is 2.64 bits per heavy atom. The minimum absolute atomic E-state index is 0.140. The first kappa shape index (κ1) is 19.3. The van der Waals surface area contributed by atoms with Crippen LogP contribution in [-0.4, -0.2) is 39.1 Å². The average molecular weight is 382 g/mol. The van der Waals surface area contributed by atoms with E-state index < -0.39 is 17.7 Å². The van der Waals surface area contributed by atoms with Crippen LogP contribution in [0.3, 0.4) is 0 Å². The van der Waals surface area contributed by atoms with Crippen LogP contribution in [-0.2, 0) is 9.59 Å². The summed E-state index contributed by atoms with van der Waals surface area (Å²) in [6.07, 6.45) is 5.80. The summed E-state index contributed by atoms with van der Waals surface area (Å²) < 4.78 is 0. The number of carbonyl (C=O) groups is 3. The van der Waals surface area contributed by atoms with Gasteiger partial charge in [0, 0.05) is 12.7 Å². The van der Waals surface area contributed by atoms with Crippen LogP contribution in [0, 0.1) is 5.92 Å². The van der Waals surface area contributed by atoms with Crippen molar-refractivity contribution in [3.8, 4) is 0 Å². The Bertz CT molecular complexity index is 899. The lowest BCUT2D eigenvalue weighted by Gasteiger charge is -2.37. The molecule has 3 rings (SSSR count). The average Bonchev–Trinajstić information content (AvgIpc) is 2.68. The third-order valence-corrected chi connectivity index (χ3v) is 4.70. The van der Waals surface area contributed by atoms with Gasteiger partial charge in [-0.15, -0.1) is 0 Å². The van der Waals surface area contributed by atoms with Gasteiger partial charge in [0.1, 0.15) is 0 Å². The van der Waals surface area contributed by atoms with Crippen LogP contribution in [0.4, 0.5) is 11.4 Å². The molecule has 3 heterocycles. The van der Waals surface area contributed by atoms with Gasteiger partial charge >= 0.3 is 11.8 Å². The Balaban J connectivity index is 1.79. The second-order valence-electron chi connectivity index (χ2n) is 6.95. The van der Waals surface area contributed by atoms with E-state index >= 15 is 0 Å². The highest BCUT2D eigenvalue weighted by Crippen LogP contribution is 2.32. The van der Waals surface area contributed by atoms with E-state index in [1.165, 1.54) is 29.6 Å². The van der Waals surface area contributed by atoms with E-state index in [0.29, 0.717) is 24.3 Å². The van der Waals surface area contributed by atoms with E-state index in [4.69, 9.17) is 11.5 Å². The van der Waals surface area contributed by atoms with Gasteiger partial charge in [-0.1, -0.05) is 6.92 Å². The third kappa shape index (κ3) is 4.25. The number of piperidine rings is 1. The number of carbonyl (C=O) groups excluding carboxylic acids is 3. The van der Waals surface area contributed by atoms with E-state index in [1.54, 1.807) is 12.1 Å². The van der Waals surface area contributed by atoms with Crippen LogP contribution < -0.4 is 16.8 Å². The summed E-state index contributed by atoms with van der Waals surface area (Å²) in [6.45, 7) is 2.48. The number of rotatable bonds is 3. The van der Waals surface area contributed by atoms with Crippen LogP contribution in [0.25, 0.3) is 0 Å². The van der Waals surface area contributed by atoms with Gasteiger partial charge in [0.15, 0.2) is 0 Å². The van der Waals surface area contributed by atoms with Crippen molar-refractivity contribution < 1.29 is 14.4 Å². The first-order chi connectivity index (χ1) is 13.3. The molecule has 146 valence electrons. The minimum atomic E-state index is -0.807. The summed E-state index contributed by atoms with van der Waals surface area (Å²) in [4.78, 5) is 46.4. The van der Waals surface area contributed by atoms with Crippen molar-refractivity contribution in [2.75, 3.05) is 17.6 Å². The van der Waals surface area contributed by atoms with Gasteiger partial charge in [-0.3, -0.25) is 24.4 Å². The Hall–Kier alpha value is -3.49. The summed E-state index contributed by atoms with van der Waals surface area (Å²) >= 11 is 0. The monoisotopic (exact) mass is 382 g/mol. The number of nitrogens with two attached hydrogens (primary N) is 2. The van der Waals surface area contributed by atoms with E-state index in [1.807, 2.05) is 6.92 Å². The van der Waals surface area contributed by atoms with E-state index in [-0.39, 0.29) is 23.2 Å². The molecule has 2 aromatic heterocycles. The molecule has 0 bridgehead atoms. The highest BCUT2D eigenvalue weighted by Gasteiger charge is 2.35. The third-order valence-electron chi connectivity index (χ3n) is 4.70. The zero-order valence-corrected chi connectivity index (χ0v) is 15.5. The molecule has 1 aliphatic rings. The molecule has 28 heavy (non-hydrogen) atoms. The molecule has 2 atom stereocenters. The largest absolute Gasteiger partial charge is 0.397 e. The normalized spacial score (nSPS) is 19.1. The molecule has 5 N–H and O–H groups in total. The smallest absolute Gasteiger partial charge is 0.313 e. The highest BCUT2D eigenvalue weighted by atomic mass is 16.2. The molecule has 1 fully saturated rings. The van der Waals surface area contributed by atoms with Crippen LogP contribution in [0.15, 0.2) is 36.8 Å². The van der Waals surface area contributed by atoms with Crippen molar-refractivity contribution in [1.29, 1.82) is 0 Å². The van der Waals surface area contributed by atoms with Gasteiger partial charge < -0.3 is 21.7 Å². The topological polar surface area (TPSA) is 144 Å². The van der Waals surface area contributed by atoms with Gasteiger partial charge in [0.25, 0.3) is 0 Å². The number of nitrogens with zero attached hydrogens (tertiary/aromatic N) is 3. The second-order valence-corrected chi connectivity index (χ2v) is 6.95. The lowest BCUT2D eigenvalue weighted by atomic mass is 9.92. The van der Waals surface area contributed by atoms with Gasteiger partial charge in [-0.05, 0) is 37.0 Å². The van der Waals surface area contributed by atoms with Crippen molar-refractivity contribution in [2.24, 2.45) is 11.7 Å². The van der Waals surface area contributed by atoms with Crippen LogP contribution in [0.1, 0.15) is 41.9 Å². The number of nitrogens with one attached hydrogen (secondary N) is 1. The summed E-state index contributed by atoms with van der Waals surface area (Å²) in [6, 6.07) is 4.57. The Labute approximate surface area is 162 Å². The molecule has 0 spiro atoms. The van der Waals surface area contributed by atoms with Crippen molar-refractivity contribution in [3.05, 3.63) is 48.0 Å². The number of hydrogen-bond acceptors (Lipinski definition) is 6. The fraction of sp³-hybridized carbons (Fsp3) is 0.316. The van der Waals surface area contributed by atoms with Crippen LogP contribution in [0.5, 0.6) is 0 Å². The molecule has 1 saturated heterocycles. The molecule has 9 nitrogen and oxygen atoms in total. The number of nitrogen functional groups attached to an aromatic ring is 1. The van der Waals surface area contributed by atoms with Gasteiger partial charge in [0.05, 0.1) is 41.1 Å². The van der Waals surface area contributed by atoms with E-state index in [9.17, 15) is 14.4 Å². The highest BCUT2D eigenvalue weighted by molar-refractivity contribution is 6.39. The lowest BCUT2D eigenvalue weighted by Crippen LogP contribution is -2.46. The number of pyridine rings is 2. The standard InChI is InChI=1S/C19H22N6O3/c1-11-2-5-16(15-4-3-13(20)8-23-15)25(10-11)19(28)18(27)24-14-6-12(17(21)26)7-22-9-14/h3-4,6-9,11,16H,2,5,10,20H2,1H3,(H2,21,26)(H,24,27)/t11-,16+/m1/s1. The van der Waals surface area contributed by atoms with Crippen molar-refractivity contribution in [3.63, 3.8) is 0 Å². The summed E-state index contributed by atoms with van der Waals surface area (Å²) in [5.74, 6) is -1.88. The number of primary amides is 1. The maximum absolute atomic E-state index is 12.9. The quantitative estimate of drug-likeness (QED) is 0.678. The molecule has 1 aliphatic heterocycles. The first-order valence-electron chi connectivity index (χ1n) is 8.93. The van der Waals surface area contributed by atoms with E-state index in [0.717, 1.165) is 6.42 Å². The molecule has 0 unspecified atom stereocenters. The molecule has 0 aliphatic carbocycles. The van der Waals surface area contributed by atoms with Crippen molar-refractivity contribution >= 4 is 29.1 Å². The molecule has 9 heteroatoms. The number of hydrogen-bond donors (Lipinski definition) is 3. The zero-order valence-electron chi connectivity index (χ0n) is 15.5. The molecular weight excluding hydrogens is 360 g/mol. The van der Waals surface area contributed by atoms with Crippen molar-refractivity contribution in [1.82, 2.24) is 14.9 Å².